The molecule has 1 aromatic carbocycles. The van der Waals surface area contributed by atoms with Crippen LogP contribution < -0.4 is 4.74 Å². The Morgan fingerprint density at radius 1 is 1.35 bits per heavy atom. The maximum Gasteiger partial charge on any atom is 0.317 e. The zero-order chi connectivity index (χ0) is 16.4. The Labute approximate surface area is 134 Å². The van der Waals surface area contributed by atoms with Crippen LogP contribution in [0.3, 0.4) is 0 Å². The van der Waals surface area contributed by atoms with E-state index in [0.29, 0.717) is 19.6 Å². The lowest BCUT2D eigenvalue weighted by molar-refractivity contribution is -0.153. The topological polar surface area (TPSA) is 79.3 Å². The highest BCUT2D eigenvalue weighted by Crippen LogP contribution is 2.25. The molecule has 2 fully saturated rings. The van der Waals surface area contributed by atoms with Gasteiger partial charge in [0, 0.05) is 19.6 Å². The molecule has 0 radical (unpaired) electrons. The summed E-state index contributed by atoms with van der Waals surface area (Å²) < 4.78 is 10.7. The predicted molar refractivity (Wildman–Crippen MR) is 81.1 cm³/mol. The molecular formula is C16H20N2O5. The second-order valence-corrected chi connectivity index (χ2v) is 5.87. The smallest absolute Gasteiger partial charge is 0.317 e. The molecule has 124 valence electrons. The Kier molecular flexibility index (Phi) is 4.49. The van der Waals surface area contributed by atoms with E-state index in [1.54, 1.807) is 12.0 Å². The van der Waals surface area contributed by atoms with Crippen LogP contribution in [0.1, 0.15) is 5.56 Å². The summed E-state index contributed by atoms with van der Waals surface area (Å²) in [5, 5.41) is 8.94. The third kappa shape index (κ3) is 3.46. The fourth-order valence-corrected chi connectivity index (χ4v) is 3.20. The number of ether oxygens (including phenoxy) is 2. The lowest BCUT2D eigenvalue weighted by atomic mass is 10.1. The summed E-state index contributed by atoms with van der Waals surface area (Å²) in [5.74, 6) is -0.149. The van der Waals surface area contributed by atoms with Gasteiger partial charge in [0.05, 0.1) is 25.8 Å². The maximum absolute atomic E-state index is 12.2. The molecule has 1 aromatic rings. The standard InChI is InChI=1S/C16H20N2O5/c1-22-12-4-2-11(3-5-12)6-18-13-7-17(9-16(20)21)8-14(13)23-10-15(18)19/h2-5,13-14H,6-10H2,1H3,(H,20,21)/t13-,14-/m1/s1. The highest BCUT2D eigenvalue weighted by molar-refractivity contribution is 5.79. The number of carbonyl (C=O) groups is 2. The zero-order valence-corrected chi connectivity index (χ0v) is 13.0. The number of carboxylic acids is 1. The number of amides is 1. The first-order valence-electron chi connectivity index (χ1n) is 7.55. The molecule has 2 saturated heterocycles. The quantitative estimate of drug-likeness (QED) is 0.834. The van der Waals surface area contributed by atoms with E-state index in [1.165, 1.54) is 0 Å². The predicted octanol–water partition coefficient (Wildman–Crippen LogP) is 0.191. The lowest BCUT2D eigenvalue weighted by Gasteiger charge is -2.36. The fraction of sp³-hybridized carbons (Fsp3) is 0.500. The highest BCUT2D eigenvalue weighted by atomic mass is 16.5. The van der Waals surface area contributed by atoms with Crippen molar-refractivity contribution in [1.82, 2.24) is 9.80 Å². The van der Waals surface area contributed by atoms with Gasteiger partial charge in [0.15, 0.2) is 0 Å². The van der Waals surface area contributed by atoms with Crippen LogP contribution >= 0.6 is 0 Å². The lowest BCUT2D eigenvalue weighted by Crippen LogP contribution is -2.53. The molecule has 2 atom stereocenters. The number of nitrogens with zero attached hydrogens (tertiary/aromatic N) is 2. The fourth-order valence-electron chi connectivity index (χ4n) is 3.20. The van der Waals surface area contributed by atoms with Crippen molar-refractivity contribution >= 4 is 11.9 Å². The number of carbonyl (C=O) groups excluding carboxylic acids is 1. The van der Waals surface area contributed by atoms with E-state index in [0.717, 1.165) is 11.3 Å². The van der Waals surface area contributed by atoms with Gasteiger partial charge in [0.2, 0.25) is 5.91 Å². The monoisotopic (exact) mass is 320 g/mol. The third-order valence-corrected chi connectivity index (χ3v) is 4.32. The number of carboxylic acid groups (broad SMARTS) is 1. The number of rotatable bonds is 5. The van der Waals surface area contributed by atoms with Crippen molar-refractivity contribution in [1.29, 1.82) is 0 Å². The van der Waals surface area contributed by atoms with Gasteiger partial charge in [0.25, 0.3) is 0 Å². The molecule has 2 aliphatic heterocycles. The Morgan fingerprint density at radius 2 is 2.09 bits per heavy atom. The number of likely N-dealkylation sites (tertiary alicyclic amines) is 1. The van der Waals surface area contributed by atoms with Crippen LogP contribution in [-0.4, -0.2) is 72.3 Å². The van der Waals surface area contributed by atoms with Crippen molar-refractivity contribution in [2.45, 2.75) is 18.7 Å². The van der Waals surface area contributed by atoms with E-state index >= 15 is 0 Å². The number of hydrogen-bond acceptors (Lipinski definition) is 5. The average molecular weight is 320 g/mol. The molecule has 3 rings (SSSR count). The number of methoxy groups -OCH3 is 1. The first-order valence-corrected chi connectivity index (χ1v) is 7.55. The summed E-state index contributed by atoms with van der Waals surface area (Å²) >= 11 is 0. The van der Waals surface area contributed by atoms with Gasteiger partial charge in [-0.05, 0) is 17.7 Å². The summed E-state index contributed by atoms with van der Waals surface area (Å²) in [4.78, 5) is 26.7. The van der Waals surface area contributed by atoms with E-state index in [2.05, 4.69) is 0 Å². The van der Waals surface area contributed by atoms with Gasteiger partial charge in [-0.25, -0.2) is 0 Å². The van der Waals surface area contributed by atoms with Crippen molar-refractivity contribution in [2.75, 3.05) is 33.4 Å². The molecule has 0 bridgehead atoms. The summed E-state index contributed by atoms with van der Waals surface area (Å²) in [6.07, 6.45) is -0.120. The van der Waals surface area contributed by atoms with Crippen molar-refractivity contribution in [3.05, 3.63) is 29.8 Å². The Hall–Kier alpha value is -2.12. The maximum atomic E-state index is 12.2. The number of morpholine rings is 1. The largest absolute Gasteiger partial charge is 0.497 e. The second-order valence-electron chi connectivity index (χ2n) is 5.87. The Bertz CT molecular complexity index is 589. The molecule has 0 aliphatic carbocycles. The number of aliphatic carboxylic acids is 1. The number of benzene rings is 1. The number of fused-ring (bicyclic) bond motifs is 1. The summed E-state index contributed by atoms with van der Waals surface area (Å²) in [6.45, 7) is 1.59. The minimum Gasteiger partial charge on any atom is -0.497 e. The van der Waals surface area contributed by atoms with Gasteiger partial charge in [-0.2, -0.15) is 0 Å². The average Bonchev–Trinajstić information content (AvgIpc) is 2.93. The molecule has 0 aromatic heterocycles. The molecule has 7 heteroatoms. The van der Waals surface area contributed by atoms with Crippen LogP contribution in [0.25, 0.3) is 0 Å². The molecule has 2 heterocycles. The van der Waals surface area contributed by atoms with Crippen molar-refractivity contribution in [2.24, 2.45) is 0 Å². The first-order chi connectivity index (χ1) is 11.1. The molecule has 0 saturated carbocycles. The first kappa shape index (κ1) is 15.8. The van der Waals surface area contributed by atoms with Crippen molar-refractivity contribution in [3.8, 4) is 5.75 Å². The van der Waals surface area contributed by atoms with Crippen LogP contribution in [0.2, 0.25) is 0 Å². The van der Waals surface area contributed by atoms with Crippen molar-refractivity contribution in [3.63, 3.8) is 0 Å². The minimum atomic E-state index is -0.864. The third-order valence-electron chi connectivity index (χ3n) is 4.32. The highest BCUT2D eigenvalue weighted by Gasteiger charge is 2.43. The molecule has 1 N–H and O–H groups in total. The van der Waals surface area contributed by atoms with Gasteiger partial charge in [-0.3, -0.25) is 14.5 Å². The van der Waals surface area contributed by atoms with Gasteiger partial charge < -0.3 is 19.5 Å². The zero-order valence-electron chi connectivity index (χ0n) is 13.0. The second kappa shape index (κ2) is 6.55. The Balaban J connectivity index is 1.71. The van der Waals surface area contributed by atoms with Crippen molar-refractivity contribution < 1.29 is 24.2 Å². The molecular weight excluding hydrogens is 300 g/mol. The van der Waals surface area contributed by atoms with Crippen LogP contribution in [0.5, 0.6) is 5.75 Å². The summed E-state index contributed by atoms with van der Waals surface area (Å²) in [6, 6.07) is 7.49. The summed E-state index contributed by atoms with van der Waals surface area (Å²) in [5.41, 5.74) is 1.01. The van der Waals surface area contributed by atoms with E-state index < -0.39 is 5.97 Å². The van der Waals surface area contributed by atoms with Gasteiger partial charge in [-0.15, -0.1) is 0 Å². The van der Waals surface area contributed by atoms with E-state index in [4.69, 9.17) is 14.6 Å². The van der Waals surface area contributed by atoms with Gasteiger partial charge in [-0.1, -0.05) is 12.1 Å². The van der Waals surface area contributed by atoms with E-state index in [9.17, 15) is 9.59 Å². The van der Waals surface area contributed by atoms with Gasteiger partial charge >= 0.3 is 5.97 Å². The normalized spacial score (nSPS) is 24.6. The SMILES string of the molecule is COc1ccc(CN2C(=O)CO[C@@H]3CN(CC(=O)O)C[C@H]32)cc1. The summed E-state index contributed by atoms with van der Waals surface area (Å²) in [7, 11) is 1.61. The van der Waals surface area contributed by atoms with Crippen LogP contribution in [-0.2, 0) is 20.9 Å². The molecule has 1 amide bonds. The van der Waals surface area contributed by atoms with Gasteiger partial charge in [0.1, 0.15) is 12.4 Å². The molecule has 0 spiro atoms. The molecule has 0 unspecified atom stereocenters. The van der Waals surface area contributed by atoms with Crippen LogP contribution in [0, 0.1) is 0 Å². The molecule has 7 nitrogen and oxygen atoms in total. The molecule has 23 heavy (non-hydrogen) atoms. The van der Waals surface area contributed by atoms with E-state index in [1.807, 2.05) is 29.2 Å². The van der Waals surface area contributed by atoms with Crippen LogP contribution in [0.4, 0.5) is 0 Å². The number of hydrogen-bond donors (Lipinski definition) is 1. The Morgan fingerprint density at radius 3 is 2.74 bits per heavy atom. The van der Waals surface area contributed by atoms with E-state index in [-0.39, 0.29) is 31.2 Å². The van der Waals surface area contributed by atoms with Crippen LogP contribution in [0.15, 0.2) is 24.3 Å². The molecule has 2 aliphatic rings. The minimum absolute atomic E-state index is 0.0269.